The Morgan fingerprint density at radius 1 is 1.59 bits per heavy atom. The molecule has 0 aromatic carbocycles. The van der Waals surface area contributed by atoms with Gasteiger partial charge >= 0.3 is 5.97 Å². The molecule has 1 rings (SSSR count). The third-order valence-corrected chi connectivity index (χ3v) is 3.53. The van der Waals surface area contributed by atoms with Crippen LogP contribution in [0.2, 0.25) is 0 Å². The number of carboxylic acids is 1. The molecule has 0 radical (unpaired) electrons. The summed E-state index contributed by atoms with van der Waals surface area (Å²) in [7, 11) is -3.73. The Kier molecular flexibility index (Phi) is 4.27. The second-order valence-corrected chi connectivity index (χ2v) is 5.46. The predicted molar refractivity (Wildman–Crippen MR) is 59.2 cm³/mol. The van der Waals surface area contributed by atoms with Crippen LogP contribution < -0.4 is 4.72 Å². The van der Waals surface area contributed by atoms with Crippen LogP contribution in [-0.4, -0.2) is 42.7 Å². The van der Waals surface area contributed by atoms with E-state index in [0.717, 1.165) is 12.3 Å². The van der Waals surface area contributed by atoms with E-state index < -0.39 is 16.0 Å². The molecule has 1 aromatic rings. The summed E-state index contributed by atoms with van der Waals surface area (Å²) in [6.07, 6.45) is 1.11. The fourth-order valence-corrected chi connectivity index (χ4v) is 2.21. The molecule has 0 aliphatic carbocycles. The molecular weight excluding hydrogens is 248 g/mol. The molecule has 4 N–H and O–H groups in total. The SMILES string of the molecule is CC(CO)CNS(=O)(=O)c1c[nH]c(C(=O)O)c1. The lowest BCUT2D eigenvalue weighted by atomic mass is 10.2. The van der Waals surface area contributed by atoms with Crippen molar-refractivity contribution in [2.45, 2.75) is 11.8 Å². The van der Waals surface area contributed by atoms with Gasteiger partial charge < -0.3 is 15.2 Å². The van der Waals surface area contributed by atoms with Crippen LogP contribution in [0.4, 0.5) is 0 Å². The van der Waals surface area contributed by atoms with Gasteiger partial charge in [-0.05, 0) is 12.0 Å². The lowest BCUT2D eigenvalue weighted by molar-refractivity contribution is 0.0691. The van der Waals surface area contributed by atoms with Crippen molar-refractivity contribution >= 4 is 16.0 Å². The minimum atomic E-state index is -3.73. The normalized spacial score (nSPS) is 13.5. The highest BCUT2D eigenvalue weighted by Crippen LogP contribution is 2.10. The van der Waals surface area contributed by atoms with Gasteiger partial charge in [-0.1, -0.05) is 6.92 Å². The standard InChI is InChI=1S/C9H14N2O5S/c1-6(5-12)3-11-17(15,16)7-2-8(9(13)14)10-4-7/h2,4,6,10-12H,3,5H2,1H3,(H,13,14). The summed E-state index contributed by atoms with van der Waals surface area (Å²) in [4.78, 5) is 12.8. The fourth-order valence-electron chi connectivity index (χ4n) is 1.05. The molecule has 0 bridgehead atoms. The van der Waals surface area contributed by atoms with E-state index in [2.05, 4.69) is 9.71 Å². The fraction of sp³-hybridized carbons (Fsp3) is 0.444. The number of carboxylic acid groups (broad SMARTS) is 1. The molecule has 1 unspecified atom stereocenters. The average Bonchev–Trinajstić information content (AvgIpc) is 2.76. The van der Waals surface area contributed by atoms with Crippen molar-refractivity contribution in [3.63, 3.8) is 0 Å². The average molecular weight is 262 g/mol. The minimum Gasteiger partial charge on any atom is -0.477 e. The van der Waals surface area contributed by atoms with Gasteiger partial charge in [-0.2, -0.15) is 0 Å². The number of aliphatic hydroxyl groups is 1. The summed E-state index contributed by atoms with van der Waals surface area (Å²) in [5, 5.41) is 17.4. The zero-order chi connectivity index (χ0) is 13.1. The Balaban J connectivity index is 2.79. The molecule has 0 saturated heterocycles. The summed E-state index contributed by atoms with van der Waals surface area (Å²) >= 11 is 0. The molecule has 7 nitrogen and oxygen atoms in total. The van der Waals surface area contributed by atoms with Crippen molar-refractivity contribution in [2.24, 2.45) is 5.92 Å². The third-order valence-electron chi connectivity index (χ3n) is 2.13. The van der Waals surface area contributed by atoms with E-state index in [1.807, 2.05) is 0 Å². The summed E-state index contributed by atoms with van der Waals surface area (Å²) in [6.45, 7) is 1.64. The molecule has 0 fully saturated rings. The largest absolute Gasteiger partial charge is 0.477 e. The molecule has 0 aliphatic rings. The van der Waals surface area contributed by atoms with Crippen LogP contribution >= 0.6 is 0 Å². The molecule has 0 saturated carbocycles. The number of nitrogens with one attached hydrogen (secondary N) is 2. The van der Waals surface area contributed by atoms with Gasteiger partial charge in [0.1, 0.15) is 10.6 Å². The minimum absolute atomic E-state index is 0.0897. The van der Waals surface area contributed by atoms with Gasteiger partial charge in [-0.15, -0.1) is 0 Å². The first-order chi connectivity index (χ1) is 7.86. The van der Waals surface area contributed by atoms with Gasteiger partial charge in [-0.3, -0.25) is 0 Å². The van der Waals surface area contributed by atoms with E-state index in [1.165, 1.54) is 0 Å². The quantitative estimate of drug-likeness (QED) is 0.557. The van der Waals surface area contributed by atoms with E-state index in [1.54, 1.807) is 6.92 Å². The van der Waals surface area contributed by atoms with Crippen LogP contribution in [-0.2, 0) is 10.0 Å². The summed E-state index contributed by atoms with van der Waals surface area (Å²) in [5.41, 5.74) is -0.194. The van der Waals surface area contributed by atoms with Crippen LogP contribution in [0.15, 0.2) is 17.2 Å². The molecule has 1 atom stereocenters. The van der Waals surface area contributed by atoms with Gasteiger partial charge in [0, 0.05) is 19.3 Å². The Bertz CT molecular complexity index is 493. The van der Waals surface area contributed by atoms with Crippen molar-refractivity contribution in [3.05, 3.63) is 18.0 Å². The van der Waals surface area contributed by atoms with E-state index in [9.17, 15) is 13.2 Å². The number of carbonyl (C=O) groups is 1. The van der Waals surface area contributed by atoms with E-state index in [-0.39, 0.29) is 29.7 Å². The number of aliphatic hydroxyl groups excluding tert-OH is 1. The maximum absolute atomic E-state index is 11.7. The number of hydrogen-bond donors (Lipinski definition) is 4. The van der Waals surface area contributed by atoms with Gasteiger partial charge in [0.2, 0.25) is 10.0 Å². The number of aromatic nitrogens is 1. The maximum Gasteiger partial charge on any atom is 0.352 e. The topological polar surface area (TPSA) is 119 Å². The lowest BCUT2D eigenvalue weighted by Crippen LogP contribution is -2.29. The Labute approximate surface area is 98.5 Å². The predicted octanol–water partition coefficient (Wildman–Crippen LogP) is -0.380. The first kappa shape index (κ1) is 13.7. The highest BCUT2D eigenvalue weighted by molar-refractivity contribution is 7.89. The van der Waals surface area contributed by atoms with Crippen molar-refractivity contribution in [1.29, 1.82) is 0 Å². The number of rotatable bonds is 6. The van der Waals surface area contributed by atoms with E-state index >= 15 is 0 Å². The Morgan fingerprint density at radius 3 is 2.71 bits per heavy atom. The number of aromatic carboxylic acids is 1. The van der Waals surface area contributed by atoms with Gasteiger partial charge in [-0.25, -0.2) is 17.9 Å². The zero-order valence-corrected chi connectivity index (χ0v) is 9.99. The summed E-state index contributed by atoms with van der Waals surface area (Å²) < 4.78 is 25.6. The Hall–Kier alpha value is -1.38. The van der Waals surface area contributed by atoms with Crippen LogP contribution in [0.25, 0.3) is 0 Å². The molecule has 96 valence electrons. The first-order valence-electron chi connectivity index (χ1n) is 4.89. The molecule has 0 amide bonds. The highest BCUT2D eigenvalue weighted by atomic mass is 32.2. The molecular formula is C9H14N2O5S. The van der Waals surface area contributed by atoms with Crippen LogP contribution in [0, 0.1) is 5.92 Å². The van der Waals surface area contributed by atoms with Gasteiger partial charge in [0.15, 0.2) is 0 Å². The number of sulfonamides is 1. The monoisotopic (exact) mass is 262 g/mol. The zero-order valence-electron chi connectivity index (χ0n) is 9.17. The number of hydrogen-bond acceptors (Lipinski definition) is 4. The van der Waals surface area contributed by atoms with E-state index in [0.29, 0.717) is 0 Å². The molecule has 1 aromatic heterocycles. The van der Waals surface area contributed by atoms with Crippen LogP contribution in [0.1, 0.15) is 17.4 Å². The van der Waals surface area contributed by atoms with Crippen molar-refractivity contribution in [2.75, 3.05) is 13.2 Å². The van der Waals surface area contributed by atoms with Gasteiger partial charge in [0.05, 0.1) is 0 Å². The second-order valence-electron chi connectivity index (χ2n) is 3.69. The van der Waals surface area contributed by atoms with Crippen molar-refractivity contribution in [3.8, 4) is 0 Å². The maximum atomic E-state index is 11.7. The molecule has 0 aliphatic heterocycles. The van der Waals surface area contributed by atoms with Crippen LogP contribution in [0.3, 0.4) is 0 Å². The van der Waals surface area contributed by atoms with Crippen LogP contribution in [0.5, 0.6) is 0 Å². The van der Waals surface area contributed by atoms with Gasteiger partial charge in [0.25, 0.3) is 0 Å². The molecule has 1 heterocycles. The van der Waals surface area contributed by atoms with E-state index in [4.69, 9.17) is 10.2 Å². The highest BCUT2D eigenvalue weighted by Gasteiger charge is 2.18. The number of H-pyrrole nitrogens is 1. The second kappa shape index (κ2) is 5.30. The molecule has 17 heavy (non-hydrogen) atoms. The first-order valence-corrected chi connectivity index (χ1v) is 6.37. The number of aromatic amines is 1. The Morgan fingerprint density at radius 2 is 2.24 bits per heavy atom. The molecule has 0 spiro atoms. The lowest BCUT2D eigenvalue weighted by Gasteiger charge is -2.08. The van der Waals surface area contributed by atoms with Crippen molar-refractivity contribution < 1.29 is 23.4 Å². The summed E-state index contributed by atoms with van der Waals surface area (Å²) in [5.74, 6) is -1.43. The third kappa shape index (κ3) is 3.55. The smallest absolute Gasteiger partial charge is 0.352 e. The summed E-state index contributed by atoms with van der Waals surface area (Å²) in [6, 6.07) is 1.04. The molecule has 8 heteroatoms. The van der Waals surface area contributed by atoms with Crippen molar-refractivity contribution in [1.82, 2.24) is 9.71 Å².